The predicted octanol–water partition coefficient (Wildman–Crippen LogP) is 2.73. The molecule has 21 heavy (non-hydrogen) atoms. The maximum atomic E-state index is 4.45. The Morgan fingerprint density at radius 3 is 2.57 bits per heavy atom. The molecule has 0 saturated heterocycles. The van der Waals surface area contributed by atoms with Crippen molar-refractivity contribution in [2.75, 3.05) is 23.4 Å². The molecule has 2 aromatic heterocycles. The van der Waals surface area contributed by atoms with Crippen molar-refractivity contribution >= 4 is 23.4 Å². The number of anilines is 2. The van der Waals surface area contributed by atoms with Crippen LogP contribution >= 0.6 is 11.8 Å². The Hall–Kier alpha value is -1.89. The van der Waals surface area contributed by atoms with Crippen LogP contribution in [-0.4, -0.2) is 32.7 Å². The molecule has 7 heteroatoms. The first-order chi connectivity index (χ1) is 10.2. The highest BCUT2D eigenvalue weighted by molar-refractivity contribution is 7.98. The van der Waals surface area contributed by atoms with Crippen LogP contribution in [0.25, 0.3) is 0 Å². The summed E-state index contributed by atoms with van der Waals surface area (Å²) in [5.74, 6) is 2.41. The summed E-state index contributed by atoms with van der Waals surface area (Å²) in [5.41, 5.74) is 0.940. The zero-order valence-corrected chi connectivity index (χ0v) is 13.4. The van der Waals surface area contributed by atoms with Gasteiger partial charge in [-0.05, 0) is 25.7 Å². The Morgan fingerprint density at radius 2 is 1.90 bits per heavy atom. The number of nitrogens with one attached hydrogen (secondary N) is 2. The minimum Gasteiger partial charge on any atom is -0.370 e. The fraction of sp³-hybridized carbons (Fsp3) is 0.429. The van der Waals surface area contributed by atoms with Gasteiger partial charge in [0.2, 0.25) is 0 Å². The number of rotatable bonds is 7. The van der Waals surface area contributed by atoms with E-state index in [1.54, 1.807) is 6.20 Å². The van der Waals surface area contributed by atoms with Crippen molar-refractivity contribution in [1.29, 1.82) is 0 Å². The van der Waals surface area contributed by atoms with E-state index < -0.39 is 0 Å². The van der Waals surface area contributed by atoms with Gasteiger partial charge in [-0.15, -0.1) is 0 Å². The molecule has 0 unspecified atom stereocenters. The van der Waals surface area contributed by atoms with Gasteiger partial charge in [-0.2, -0.15) is 0 Å². The maximum Gasteiger partial charge on any atom is 0.191 e. The van der Waals surface area contributed by atoms with E-state index in [9.17, 15) is 0 Å². The van der Waals surface area contributed by atoms with Gasteiger partial charge in [-0.25, -0.2) is 19.9 Å². The van der Waals surface area contributed by atoms with E-state index in [1.807, 2.05) is 25.3 Å². The van der Waals surface area contributed by atoms with Crippen molar-refractivity contribution in [1.82, 2.24) is 19.9 Å². The van der Waals surface area contributed by atoms with Crippen LogP contribution in [0.15, 0.2) is 23.5 Å². The number of thioether (sulfide) groups is 1. The third-order valence-electron chi connectivity index (χ3n) is 2.73. The third-order valence-corrected chi connectivity index (χ3v) is 3.28. The third kappa shape index (κ3) is 4.86. The average Bonchev–Trinajstić information content (AvgIpc) is 2.51. The highest BCUT2D eigenvalue weighted by atomic mass is 32.2. The lowest BCUT2D eigenvalue weighted by Gasteiger charge is -2.10. The van der Waals surface area contributed by atoms with E-state index in [2.05, 4.69) is 37.5 Å². The molecule has 0 saturated carbocycles. The topological polar surface area (TPSA) is 75.6 Å². The van der Waals surface area contributed by atoms with Crippen LogP contribution in [0.4, 0.5) is 11.6 Å². The molecule has 0 aliphatic heterocycles. The summed E-state index contributed by atoms with van der Waals surface area (Å²) in [6.45, 7) is 5.52. The molecule has 112 valence electrons. The van der Waals surface area contributed by atoms with E-state index in [4.69, 9.17) is 0 Å². The fourth-order valence-corrected chi connectivity index (χ4v) is 2.11. The number of aromatic nitrogens is 4. The van der Waals surface area contributed by atoms with E-state index in [1.165, 1.54) is 11.8 Å². The van der Waals surface area contributed by atoms with E-state index in [0.29, 0.717) is 6.54 Å². The smallest absolute Gasteiger partial charge is 0.191 e. The molecular weight excluding hydrogens is 284 g/mol. The summed E-state index contributed by atoms with van der Waals surface area (Å²) in [4.78, 5) is 17.3. The first kappa shape index (κ1) is 15.5. The van der Waals surface area contributed by atoms with Crippen molar-refractivity contribution in [2.24, 2.45) is 0 Å². The van der Waals surface area contributed by atoms with Gasteiger partial charge in [-0.1, -0.05) is 18.7 Å². The summed E-state index contributed by atoms with van der Waals surface area (Å²) in [6, 6.07) is 3.82. The van der Waals surface area contributed by atoms with Crippen LogP contribution in [0.2, 0.25) is 0 Å². The number of nitrogens with zero attached hydrogens (tertiary/aromatic N) is 4. The van der Waals surface area contributed by atoms with Gasteiger partial charge in [0, 0.05) is 18.8 Å². The summed E-state index contributed by atoms with van der Waals surface area (Å²) in [5, 5.41) is 7.32. The minimum atomic E-state index is 0.613. The lowest BCUT2D eigenvalue weighted by atomic mass is 10.4. The molecule has 0 atom stereocenters. The van der Waals surface area contributed by atoms with Crippen molar-refractivity contribution in [3.05, 3.63) is 29.8 Å². The van der Waals surface area contributed by atoms with Crippen LogP contribution in [0, 0.1) is 6.92 Å². The molecule has 0 radical (unpaired) electrons. The fourth-order valence-electron chi connectivity index (χ4n) is 1.74. The van der Waals surface area contributed by atoms with Crippen molar-refractivity contribution < 1.29 is 0 Å². The molecule has 0 fully saturated rings. The Kier molecular flexibility index (Phi) is 5.74. The molecule has 2 heterocycles. The second-order valence-corrected chi connectivity index (χ2v) is 5.27. The van der Waals surface area contributed by atoms with E-state index in [-0.39, 0.29) is 0 Å². The lowest BCUT2D eigenvalue weighted by Crippen LogP contribution is -2.08. The van der Waals surface area contributed by atoms with Crippen LogP contribution in [0.5, 0.6) is 0 Å². The predicted molar refractivity (Wildman–Crippen MR) is 86.7 cm³/mol. The largest absolute Gasteiger partial charge is 0.370 e. The number of hydrogen-bond acceptors (Lipinski definition) is 7. The van der Waals surface area contributed by atoms with Crippen molar-refractivity contribution in [3.8, 4) is 0 Å². The van der Waals surface area contributed by atoms with Gasteiger partial charge < -0.3 is 10.6 Å². The van der Waals surface area contributed by atoms with Crippen LogP contribution in [-0.2, 0) is 6.54 Å². The molecular formula is C14H20N6S. The molecule has 0 aliphatic carbocycles. The molecule has 0 spiro atoms. The molecule has 0 bridgehead atoms. The lowest BCUT2D eigenvalue weighted by molar-refractivity contribution is 0.909. The van der Waals surface area contributed by atoms with Gasteiger partial charge in [0.15, 0.2) is 5.16 Å². The Bertz CT molecular complexity index is 589. The Balaban J connectivity index is 2.07. The first-order valence-electron chi connectivity index (χ1n) is 6.90. The van der Waals surface area contributed by atoms with Crippen LogP contribution in [0.1, 0.15) is 24.9 Å². The minimum absolute atomic E-state index is 0.613. The molecule has 0 aromatic carbocycles. The van der Waals surface area contributed by atoms with Crippen molar-refractivity contribution in [2.45, 2.75) is 32.0 Å². The van der Waals surface area contributed by atoms with Gasteiger partial charge in [0.25, 0.3) is 0 Å². The summed E-state index contributed by atoms with van der Waals surface area (Å²) >= 11 is 1.53. The summed E-state index contributed by atoms with van der Waals surface area (Å²) in [6.07, 6.45) is 4.79. The normalized spacial score (nSPS) is 10.4. The van der Waals surface area contributed by atoms with E-state index in [0.717, 1.165) is 41.3 Å². The monoisotopic (exact) mass is 304 g/mol. The van der Waals surface area contributed by atoms with Gasteiger partial charge in [0.05, 0.1) is 12.2 Å². The quantitative estimate of drug-likeness (QED) is 0.601. The molecule has 0 aliphatic rings. The summed E-state index contributed by atoms with van der Waals surface area (Å²) in [7, 11) is 0. The summed E-state index contributed by atoms with van der Waals surface area (Å²) < 4.78 is 0. The molecule has 6 nitrogen and oxygen atoms in total. The second kappa shape index (κ2) is 7.78. The zero-order valence-electron chi connectivity index (χ0n) is 12.6. The van der Waals surface area contributed by atoms with Gasteiger partial charge >= 0.3 is 0 Å². The van der Waals surface area contributed by atoms with E-state index >= 15 is 0 Å². The Labute approximate surface area is 129 Å². The molecule has 2 N–H and O–H groups in total. The molecule has 2 rings (SSSR count). The molecule has 2 aromatic rings. The molecule has 0 amide bonds. The van der Waals surface area contributed by atoms with Gasteiger partial charge in [0.1, 0.15) is 17.5 Å². The SMILES string of the molecule is CCCNc1cc(NCc2ccnc(C)n2)nc(SC)n1. The highest BCUT2D eigenvalue weighted by Crippen LogP contribution is 2.17. The van der Waals surface area contributed by atoms with Crippen LogP contribution in [0.3, 0.4) is 0 Å². The standard InChI is InChI=1S/C14H20N6S/c1-4-6-16-12-8-13(20-14(19-12)21-3)17-9-11-5-7-15-10(2)18-11/h5,7-8H,4,6,9H2,1-3H3,(H2,16,17,19,20). The van der Waals surface area contributed by atoms with Crippen LogP contribution < -0.4 is 10.6 Å². The number of hydrogen-bond donors (Lipinski definition) is 2. The Morgan fingerprint density at radius 1 is 1.14 bits per heavy atom. The average molecular weight is 304 g/mol. The van der Waals surface area contributed by atoms with Gasteiger partial charge in [-0.3, -0.25) is 0 Å². The van der Waals surface area contributed by atoms with Crippen molar-refractivity contribution in [3.63, 3.8) is 0 Å². The second-order valence-electron chi connectivity index (χ2n) is 4.50. The zero-order chi connectivity index (χ0) is 15.1. The maximum absolute atomic E-state index is 4.45. The number of aryl methyl sites for hydroxylation is 1. The highest BCUT2D eigenvalue weighted by Gasteiger charge is 2.04. The first-order valence-corrected chi connectivity index (χ1v) is 8.13.